The molecule has 0 aliphatic carbocycles. The van der Waals surface area contributed by atoms with Gasteiger partial charge in [0.05, 0.1) is 0 Å². The largest absolute Gasteiger partial charge is 0.454 e. The molecule has 0 fully saturated rings. The van der Waals surface area contributed by atoms with E-state index in [2.05, 4.69) is 31.3 Å². The summed E-state index contributed by atoms with van der Waals surface area (Å²) in [6.45, 7) is 6.04. The van der Waals surface area contributed by atoms with Crippen molar-refractivity contribution in [3.8, 4) is 11.5 Å². The molecule has 21 heavy (non-hydrogen) atoms. The third-order valence-corrected chi connectivity index (χ3v) is 4.91. The van der Waals surface area contributed by atoms with Crippen molar-refractivity contribution in [1.29, 1.82) is 0 Å². The van der Waals surface area contributed by atoms with Gasteiger partial charge in [-0.25, -0.2) is 0 Å². The number of rotatable bonds is 6. The molecular formula is C18H27NO2. The van der Waals surface area contributed by atoms with Gasteiger partial charge in [0.25, 0.3) is 0 Å². The number of fused-ring (bicyclic) bond motifs is 2. The lowest BCUT2D eigenvalue weighted by Gasteiger charge is -2.30. The maximum atomic E-state index is 5.56. The van der Waals surface area contributed by atoms with E-state index >= 15 is 0 Å². The minimum Gasteiger partial charge on any atom is -0.454 e. The average molecular weight is 289 g/mol. The highest BCUT2D eigenvalue weighted by Gasteiger charge is 2.26. The summed E-state index contributed by atoms with van der Waals surface area (Å²) in [4.78, 5) is 0. The van der Waals surface area contributed by atoms with Crippen LogP contribution in [0.3, 0.4) is 0 Å². The Hall–Kier alpha value is -1.22. The summed E-state index contributed by atoms with van der Waals surface area (Å²) >= 11 is 0. The zero-order chi connectivity index (χ0) is 14.7. The van der Waals surface area contributed by atoms with E-state index in [9.17, 15) is 0 Å². The molecule has 2 unspecified atom stereocenters. The minimum atomic E-state index is 0.365. The van der Waals surface area contributed by atoms with Crippen molar-refractivity contribution in [2.75, 3.05) is 13.3 Å². The molecule has 116 valence electrons. The SMILES string of the molecule is CCCCC(CC)CC1NCCc2cc3c(cc21)OCO3. The van der Waals surface area contributed by atoms with Crippen LogP contribution in [0.2, 0.25) is 0 Å². The van der Waals surface area contributed by atoms with Gasteiger partial charge in [-0.3, -0.25) is 0 Å². The molecule has 0 bridgehead atoms. The highest BCUT2D eigenvalue weighted by Crippen LogP contribution is 2.40. The van der Waals surface area contributed by atoms with Crippen molar-refractivity contribution in [1.82, 2.24) is 5.32 Å². The Bertz CT molecular complexity index is 486. The van der Waals surface area contributed by atoms with Gasteiger partial charge in [-0.15, -0.1) is 0 Å². The third-order valence-electron chi connectivity index (χ3n) is 4.91. The van der Waals surface area contributed by atoms with Crippen LogP contribution in [0.4, 0.5) is 0 Å². The van der Waals surface area contributed by atoms with Gasteiger partial charge in [-0.2, -0.15) is 0 Å². The fourth-order valence-electron chi connectivity index (χ4n) is 3.56. The van der Waals surface area contributed by atoms with Crippen molar-refractivity contribution in [2.24, 2.45) is 5.92 Å². The standard InChI is InChI=1S/C18H27NO2/c1-3-5-6-13(4-2)9-16-15-11-18-17(20-12-21-18)10-14(15)7-8-19-16/h10-11,13,16,19H,3-9,12H2,1-2H3. The number of hydrogen-bond donors (Lipinski definition) is 1. The first-order valence-electron chi connectivity index (χ1n) is 8.47. The van der Waals surface area contributed by atoms with Crippen LogP contribution in [0.1, 0.15) is 63.1 Å². The maximum absolute atomic E-state index is 5.56. The van der Waals surface area contributed by atoms with Gasteiger partial charge in [0, 0.05) is 6.04 Å². The molecule has 3 nitrogen and oxygen atoms in total. The van der Waals surface area contributed by atoms with Gasteiger partial charge < -0.3 is 14.8 Å². The van der Waals surface area contributed by atoms with E-state index in [0.29, 0.717) is 12.8 Å². The Morgan fingerprint density at radius 3 is 2.81 bits per heavy atom. The second kappa shape index (κ2) is 6.69. The Morgan fingerprint density at radius 1 is 1.24 bits per heavy atom. The summed E-state index contributed by atoms with van der Waals surface area (Å²) in [6, 6.07) is 4.88. The van der Waals surface area contributed by atoms with Crippen molar-refractivity contribution in [2.45, 2.75) is 58.4 Å². The van der Waals surface area contributed by atoms with Gasteiger partial charge in [0.15, 0.2) is 11.5 Å². The van der Waals surface area contributed by atoms with E-state index in [1.54, 1.807) is 0 Å². The topological polar surface area (TPSA) is 30.5 Å². The van der Waals surface area contributed by atoms with Gasteiger partial charge in [0.2, 0.25) is 6.79 Å². The molecule has 0 saturated heterocycles. The molecule has 3 heteroatoms. The van der Waals surface area contributed by atoms with Crippen molar-refractivity contribution >= 4 is 0 Å². The first kappa shape index (κ1) is 14.7. The molecule has 1 aromatic carbocycles. The predicted octanol–water partition coefficient (Wildman–Crippen LogP) is 4.21. The normalized spacial score (nSPS) is 21.1. The van der Waals surface area contributed by atoms with Crippen LogP contribution < -0.4 is 14.8 Å². The highest BCUT2D eigenvalue weighted by atomic mass is 16.7. The first-order valence-corrected chi connectivity index (χ1v) is 8.47. The van der Waals surface area contributed by atoms with Crippen LogP contribution in [-0.4, -0.2) is 13.3 Å². The lowest BCUT2D eigenvalue weighted by Crippen LogP contribution is -2.31. The second-order valence-corrected chi connectivity index (χ2v) is 6.31. The molecular weight excluding hydrogens is 262 g/mol. The fourth-order valence-corrected chi connectivity index (χ4v) is 3.56. The first-order chi connectivity index (χ1) is 10.3. The van der Waals surface area contributed by atoms with E-state index in [0.717, 1.165) is 30.4 Å². The zero-order valence-electron chi connectivity index (χ0n) is 13.3. The molecule has 2 aliphatic heterocycles. The van der Waals surface area contributed by atoms with Crippen LogP contribution in [0.25, 0.3) is 0 Å². The number of ether oxygens (including phenoxy) is 2. The maximum Gasteiger partial charge on any atom is 0.231 e. The predicted molar refractivity (Wildman–Crippen MR) is 84.9 cm³/mol. The Labute approximate surface area is 128 Å². The zero-order valence-corrected chi connectivity index (χ0v) is 13.3. The molecule has 2 aliphatic rings. The number of unbranched alkanes of at least 4 members (excludes halogenated alkanes) is 1. The lowest BCUT2D eigenvalue weighted by atomic mass is 9.85. The molecule has 1 N–H and O–H groups in total. The smallest absolute Gasteiger partial charge is 0.231 e. The van der Waals surface area contributed by atoms with E-state index in [4.69, 9.17) is 9.47 Å². The molecule has 0 amide bonds. The summed E-state index contributed by atoms with van der Waals surface area (Å²) in [6.07, 6.45) is 7.60. The molecule has 2 heterocycles. The van der Waals surface area contributed by atoms with E-state index in [1.165, 1.54) is 43.2 Å². The number of nitrogens with one attached hydrogen (secondary N) is 1. The second-order valence-electron chi connectivity index (χ2n) is 6.31. The van der Waals surface area contributed by atoms with E-state index in [1.807, 2.05) is 0 Å². The summed E-state index contributed by atoms with van der Waals surface area (Å²) in [5.74, 6) is 2.66. The molecule has 3 rings (SSSR count). The quantitative estimate of drug-likeness (QED) is 0.851. The highest BCUT2D eigenvalue weighted by molar-refractivity contribution is 5.50. The molecule has 0 spiro atoms. The van der Waals surface area contributed by atoms with Crippen molar-refractivity contribution in [3.63, 3.8) is 0 Å². The molecule has 0 saturated carbocycles. The van der Waals surface area contributed by atoms with Crippen LogP contribution in [0, 0.1) is 5.92 Å². The van der Waals surface area contributed by atoms with Gasteiger partial charge >= 0.3 is 0 Å². The van der Waals surface area contributed by atoms with E-state index < -0.39 is 0 Å². The van der Waals surface area contributed by atoms with Crippen LogP contribution in [0.15, 0.2) is 12.1 Å². The lowest BCUT2D eigenvalue weighted by molar-refractivity contribution is 0.174. The molecule has 0 aromatic heterocycles. The van der Waals surface area contributed by atoms with Crippen LogP contribution in [0.5, 0.6) is 11.5 Å². The Kier molecular flexibility index (Phi) is 4.69. The third kappa shape index (κ3) is 3.18. The minimum absolute atomic E-state index is 0.365. The van der Waals surface area contributed by atoms with Crippen molar-refractivity contribution < 1.29 is 9.47 Å². The summed E-state index contributed by atoms with van der Waals surface area (Å²) < 4.78 is 11.1. The molecule has 2 atom stereocenters. The van der Waals surface area contributed by atoms with Gasteiger partial charge in [-0.05, 0) is 48.6 Å². The number of benzene rings is 1. The van der Waals surface area contributed by atoms with Crippen LogP contribution >= 0.6 is 0 Å². The van der Waals surface area contributed by atoms with Crippen molar-refractivity contribution in [3.05, 3.63) is 23.3 Å². The van der Waals surface area contributed by atoms with E-state index in [-0.39, 0.29) is 0 Å². The number of hydrogen-bond acceptors (Lipinski definition) is 3. The summed E-state index contributed by atoms with van der Waals surface area (Å²) in [5.41, 5.74) is 2.87. The summed E-state index contributed by atoms with van der Waals surface area (Å²) in [5, 5.41) is 3.71. The van der Waals surface area contributed by atoms with Gasteiger partial charge in [0.1, 0.15) is 0 Å². The fraction of sp³-hybridized carbons (Fsp3) is 0.667. The molecule has 1 aromatic rings. The van der Waals surface area contributed by atoms with Crippen LogP contribution in [-0.2, 0) is 6.42 Å². The van der Waals surface area contributed by atoms with Gasteiger partial charge in [-0.1, -0.05) is 39.5 Å². The Morgan fingerprint density at radius 2 is 2.05 bits per heavy atom. The summed E-state index contributed by atoms with van der Waals surface area (Å²) in [7, 11) is 0. The average Bonchev–Trinajstić information content (AvgIpc) is 2.96. The monoisotopic (exact) mass is 289 g/mol. The molecule has 0 radical (unpaired) electrons. The Balaban J connectivity index is 1.76.